The van der Waals surface area contributed by atoms with Gasteiger partial charge >= 0.3 is 0 Å². The van der Waals surface area contributed by atoms with Crippen LogP contribution in [0.2, 0.25) is 0 Å². The number of aromatic nitrogens is 3. The number of nitrogens with zero attached hydrogens (tertiary/aromatic N) is 3. The number of benzene rings is 1. The highest BCUT2D eigenvalue weighted by molar-refractivity contribution is 5.72. The van der Waals surface area contributed by atoms with Gasteiger partial charge < -0.3 is 5.73 Å². The van der Waals surface area contributed by atoms with E-state index in [2.05, 4.69) is 15.4 Å². The molecule has 1 aromatic carbocycles. The number of rotatable bonds is 4. The molecule has 8 heteroatoms. The minimum Gasteiger partial charge on any atom is -0.368 e. The van der Waals surface area contributed by atoms with Gasteiger partial charge in [-0.3, -0.25) is 14.9 Å². The highest BCUT2D eigenvalue weighted by Crippen LogP contribution is 2.30. The van der Waals surface area contributed by atoms with Crippen LogP contribution in [0.1, 0.15) is 0 Å². The van der Waals surface area contributed by atoms with E-state index in [0.29, 0.717) is 17.8 Å². The van der Waals surface area contributed by atoms with E-state index in [1.165, 1.54) is 23.0 Å². The van der Waals surface area contributed by atoms with E-state index in [4.69, 9.17) is 5.73 Å². The Balaban J connectivity index is 2.22. The lowest BCUT2D eigenvalue weighted by Gasteiger charge is -2.12. The van der Waals surface area contributed by atoms with E-state index in [9.17, 15) is 13.6 Å². The molecular weight excluding hydrogens is 304 g/mol. The second kappa shape index (κ2) is 5.84. The molecule has 0 atom stereocenters. The Kier molecular flexibility index (Phi) is 3.71. The zero-order chi connectivity index (χ0) is 16.4. The number of halogens is 2. The average molecular weight is 315 g/mol. The van der Waals surface area contributed by atoms with Crippen molar-refractivity contribution in [2.75, 3.05) is 11.2 Å². The molecule has 0 fully saturated rings. The van der Waals surface area contributed by atoms with Gasteiger partial charge in [-0.1, -0.05) is 6.07 Å². The quantitative estimate of drug-likeness (QED) is 0.723. The number of hydrogen-bond donors (Lipinski definition) is 2. The number of anilines is 1. The van der Waals surface area contributed by atoms with Crippen LogP contribution in [0.15, 0.2) is 42.6 Å². The molecule has 0 spiro atoms. The molecule has 1 amide bonds. The first-order valence-corrected chi connectivity index (χ1v) is 6.57. The van der Waals surface area contributed by atoms with Gasteiger partial charge in [0.15, 0.2) is 0 Å². The fourth-order valence-electron chi connectivity index (χ4n) is 2.28. The highest BCUT2D eigenvalue weighted by atomic mass is 19.1. The molecule has 0 saturated heterocycles. The summed E-state index contributed by atoms with van der Waals surface area (Å²) in [6.07, 6.45) is 1.84. The lowest BCUT2D eigenvalue weighted by Crippen LogP contribution is -2.16. The van der Waals surface area contributed by atoms with Crippen molar-refractivity contribution in [3.05, 3.63) is 54.2 Å². The SMILES string of the molecule is Nc1nccc(-c2ccc(-c3c(F)cccc3F)n2NC=O)n1. The topological polar surface area (TPSA) is 85.8 Å². The number of hydrogen-bond acceptors (Lipinski definition) is 4. The van der Waals surface area contributed by atoms with Gasteiger partial charge in [-0.15, -0.1) is 0 Å². The van der Waals surface area contributed by atoms with Gasteiger partial charge in [0.2, 0.25) is 12.4 Å². The van der Waals surface area contributed by atoms with Crippen molar-refractivity contribution >= 4 is 12.4 Å². The first kappa shape index (κ1) is 14.6. The lowest BCUT2D eigenvalue weighted by atomic mass is 10.1. The van der Waals surface area contributed by atoms with Crippen LogP contribution >= 0.6 is 0 Å². The molecule has 0 aliphatic heterocycles. The number of nitrogen functional groups attached to an aromatic ring is 1. The smallest absolute Gasteiger partial charge is 0.226 e. The molecule has 0 aliphatic carbocycles. The molecule has 116 valence electrons. The summed E-state index contributed by atoms with van der Waals surface area (Å²) in [6.45, 7) is 0. The summed E-state index contributed by atoms with van der Waals surface area (Å²) < 4.78 is 29.3. The summed E-state index contributed by atoms with van der Waals surface area (Å²) in [5, 5.41) is 0. The molecule has 0 aliphatic rings. The fourth-order valence-corrected chi connectivity index (χ4v) is 2.28. The minimum atomic E-state index is -0.745. The van der Waals surface area contributed by atoms with Crippen LogP contribution < -0.4 is 11.2 Å². The summed E-state index contributed by atoms with van der Waals surface area (Å²) in [4.78, 5) is 18.7. The fraction of sp³-hybridized carbons (Fsp3) is 0. The van der Waals surface area contributed by atoms with Gasteiger partial charge in [0, 0.05) is 6.20 Å². The summed E-state index contributed by atoms with van der Waals surface area (Å²) in [7, 11) is 0. The lowest BCUT2D eigenvalue weighted by molar-refractivity contribution is -0.106. The minimum absolute atomic E-state index is 0.0416. The normalized spacial score (nSPS) is 10.5. The third kappa shape index (κ3) is 2.61. The van der Waals surface area contributed by atoms with Crippen LogP contribution in [0, 0.1) is 11.6 Å². The Hall–Kier alpha value is -3.29. The largest absolute Gasteiger partial charge is 0.368 e. The van der Waals surface area contributed by atoms with Gasteiger partial charge in [-0.2, -0.15) is 0 Å². The number of nitrogens with two attached hydrogens (primary N) is 1. The third-order valence-corrected chi connectivity index (χ3v) is 3.22. The molecule has 0 unspecified atom stereocenters. The van der Waals surface area contributed by atoms with E-state index >= 15 is 0 Å². The van der Waals surface area contributed by atoms with Gasteiger partial charge in [-0.05, 0) is 30.3 Å². The van der Waals surface area contributed by atoms with Crippen molar-refractivity contribution in [2.45, 2.75) is 0 Å². The van der Waals surface area contributed by atoms with E-state index in [1.54, 1.807) is 12.1 Å². The summed E-state index contributed by atoms with van der Waals surface area (Å²) in [5.74, 6) is -1.45. The van der Waals surface area contributed by atoms with Crippen LogP contribution in [0.4, 0.5) is 14.7 Å². The second-order valence-corrected chi connectivity index (χ2v) is 4.58. The molecule has 3 aromatic rings. The van der Waals surface area contributed by atoms with Gasteiger partial charge in [0.25, 0.3) is 0 Å². The number of carbonyl (C=O) groups is 1. The van der Waals surface area contributed by atoms with Gasteiger partial charge in [0.1, 0.15) is 11.6 Å². The van der Waals surface area contributed by atoms with E-state index in [1.807, 2.05) is 0 Å². The van der Waals surface area contributed by atoms with Crippen LogP contribution in [-0.2, 0) is 4.79 Å². The van der Waals surface area contributed by atoms with E-state index in [0.717, 1.165) is 12.1 Å². The maximum Gasteiger partial charge on any atom is 0.226 e. The molecule has 6 nitrogen and oxygen atoms in total. The molecule has 0 bridgehead atoms. The van der Waals surface area contributed by atoms with Crippen LogP contribution in [-0.4, -0.2) is 21.1 Å². The number of amides is 1. The molecule has 3 N–H and O–H groups in total. The predicted molar refractivity (Wildman–Crippen MR) is 80.6 cm³/mol. The third-order valence-electron chi connectivity index (χ3n) is 3.22. The Morgan fingerprint density at radius 3 is 2.43 bits per heavy atom. The first-order chi connectivity index (χ1) is 11.1. The number of carbonyl (C=O) groups excluding carboxylic acids is 1. The zero-order valence-corrected chi connectivity index (χ0v) is 11.7. The van der Waals surface area contributed by atoms with Crippen molar-refractivity contribution in [1.82, 2.24) is 14.6 Å². The van der Waals surface area contributed by atoms with Crippen molar-refractivity contribution in [2.24, 2.45) is 0 Å². The van der Waals surface area contributed by atoms with Crippen LogP contribution in [0.25, 0.3) is 22.6 Å². The van der Waals surface area contributed by atoms with E-state index < -0.39 is 11.6 Å². The number of nitrogens with one attached hydrogen (secondary N) is 1. The van der Waals surface area contributed by atoms with Gasteiger partial charge in [-0.25, -0.2) is 18.7 Å². The summed E-state index contributed by atoms with van der Waals surface area (Å²) in [6, 6.07) is 8.15. The Morgan fingerprint density at radius 2 is 1.78 bits per heavy atom. The summed E-state index contributed by atoms with van der Waals surface area (Å²) in [5.41, 5.74) is 8.63. The average Bonchev–Trinajstić information content (AvgIpc) is 2.91. The second-order valence-electron chi connectivity index (χ2n) is 4.58. The monoisotopic (exact) mass is 315 g/mol. The molecule has 2 heterocycles. The van der Waals surface area contributed by atoms with Crippen LogP contribution in [0.5, 0.6) is 0 Å². The molecule has 0 radical (unpaired) electrons. The molecular formula is C15H11F2N5O. The molecule has 23 heavy (non-hydrogen) atoms. The highest BCUT2D eigenvalue weighted by Gasteiger charge is 2.18. The maximum atomic E-state index is 14.0. The van der Waals surface area contributed by atoms with Crippen LogP contribution in [0.3, 0.4) is 0 Å². The Bertz CT molecular complexity index is 858. The van der Waals surface area contributed by atoms with Crippen molar-refractivity contribution < 1.29 is 13.6 Å². The van der Waals surface area contributed by atoms with E-state index in [-0.39, 0.29) is 17.2 Å². The summed E-state index contributed by atoms with van der Waals surface area (Å²) >= 11 is 0. The predicted octanol–water partition coefficient (Wildman–Crippen LogP) is 2.17. The van der Waals surface area contributed by atoms with Crippen molar-refractivity contribution in [3.8, 4) is 22.6 Å². The maximum absolute atomic E-state index is 14.0. The molecule has 0 saturated carbocycles. The zero-order valence-electron chi connectivity index (χ0n) is 11.7. The Morgan fingerprint density at radius 1 is 1.09 bits per heavy atom. The molecule has 3 rings (SSSR count). The molecule has 2 aromatic heterocycles. The Labute approximate surface area is 129 Å². The standard InChI is InChI=1S/C15H11F2N5O/c16-9-2-1-3-10(17)14(9)13-5-4-12(22(13)20-8-23)11-6-7-19-15(18)21-11/h1-8H,(H,20,23)(H2,18,19,21). The van der Waals surface area contributed by atoms with Crippen molar-refractivity contribution in [3.63, 3.8) is 0 Å². The van der Waals surface area contributed by atoms with Gasteiger partial charge in [0.05, 0.1) is 22.6 Å². The first-order valence-electron chi connectivity index (χ1n) is 6.57. The van der Waals surface area contributed by atoms with Crippen molar-refractivity contribution in [1.29, 1.82) is 0 Å².